The summed E-state index contributed by atoms with van der Waals surface area (Å²) in [5, 5.41) is 8.99. The van der Waals surface area contributed by atoms with Gasteiger partial charge >= 0.3 is 0 Å². The molecule has 1 unspecified atom stereocenters. The summed E-state index contributed by atoms with van der Waals surface area (Å²) in [7, 11) is 0. The Morgan fingerprint density at radius 2 is 1.38 bits per heavy atom. The van der Waals surface area contributed by atoms with Crippen LogP contribution in [0, 0.1) is 12.8 Å². The van der Waals surface area contributed by atoms with Crippen molar-refractivity contribution in [3.05, 3.63) is 42.0 Å². The third-order valence-corrected chi connectivity index (χ3v) is 7.30. The average Bonchev–Trinajstić information content (AvgIpc) is 3.07. The molecule has 0 aliphatic carbocycles. The molecule has 0 radical (unpaired) electrons. The Morgan fingerprint density at radius 3 is 1.97 bits per heavy atom. The minimum Gasteiger partial charge on any atom is -0.355 e. The number of piperazine rings is 1. The Labute approximate surface area is 201 Å². The number of hydrogen-bond acceptors (Lipinski definition) is 6. The first-order chi connectivity index (χ1) is 16.6. The molecule has 3 saturated heterocycles. The number of hydrogen-bond donors (Lipinski definition) is 0. The van der Waals surface area contributed by atoms with Gasteiger partial charge in [-0.1, -0.05) is 30.5 Å². The van der Waals surface area contributed by atoms with Gasteiger partial charge in [-0.25, -0.2) is 0 Å². The molecular weight excluding hydrogens is 428 g/mol. The average molecular weight is 463 g/mol. The van der Waals surface area contributed by atoms with E-state index in [4.69, 9.17) is 0 Å². The highest BCUT2D eigenvalue weighted by Crippen LogP contribution is 2.27. The summed E-state index contributed by atoms with van der Waals surface area (Å²) in [5.41, 5.74) is 2.03. The quantitative estimate of drug-likeness (QED) is 0.696. The summed E-state index contributed by atoms with van der Waals surface area (Å²) >= 11 is 0. The molecule has 0 N–H and O–H groups in total. The molecule has 0 bridgehead atoms. The molecule has 2 aromatic rings. The summed E-state index contributed by atoms with van der Waals surface area (Å²) in [6, 6.07) is 12.0. The molecule has 8 nitrogen and oxygen atoms in total. The Morgan fingerprint density at radius 1 is 0.794 bits per heavy atom. The predicted molar refractivity (Wildman–Crippen MR) is 133 cm³/mol. The zero-order valence-electron chi connectivity index (χ0n) is 20.0. The first-order valence-electron chi connectivity index (χ1n) is 12.6. The lowest BCUT2D eigenvalue weighted by Gasteiger charge is -2.36. The molecule has 3 fully saturated rings. The third kappa shape index (κ3) is 4.86. The standard InChI is InChI=1S/C26H34N6O2/c1-20-6-8-22(9-7-20)32-19-21(18-25(32)33)26(34)31-16-14-30(15-17-31)24-11-10-23(27-28-24)29-12-4-2-3-5-13-29/h6-11,21H,2-5,12-19H2,1H3. The van der Waals surface area contributed by atoms with Crippen molar-refractivity contribution in [2.24, 2.45) is 5.92 Å². The van der Waals surface area contributed by atoms with Crippen molar-refractivity contribution >= 4 is 29.1 Å². The highest BCUT2D eigenvalue weighted by molar-refractivity contribution is 6.00. The first kappa shape index (κ1) is 22.6. The molecule has 5 rings (SSSR count). The first-order valence-corrected chi connectivity index (χ1v) is 12.6. The summed E-state index contributed by atoms with van der Waals surface area (Å²) in [6.45, 7) is 7.34. The van der Waals surface area contributed by atoms with Gasteiger partial charge in [-0.2, -0.15) is 0 Å². The van der Waals surface area contributed by atoms with Crippen LogP contribution < -0.4 is 14.7 Å². The van der Waals surface area contributed by atoms with Gasteiger partial charge in [-0.15, -0.1) is 10.2 Å². The van der Waals surface area contributed by atoms with E-state index in [2.05, 4.69) is 32.1 Å². The molecule has 1 atom stereocenters. The number of aromatic nitrogens is 2. The van der Waals surface area contributed by atoms with Gasteiger partial charge in [0.2, 0.25) is 11.8 Å². The molecule has 4 heterocycles. The van der Waals surface area contributed by atoms with Crippen LogP contribution in [0.5, 0.6) is 0 Å². The van der Waals surface area contributed by atoms with Crippen molar-refractivity contribution in [3.63, 3.8) is 0 Å². The highest BCUT2D eigenvalue weighted by Gasteiger charge is 2.38. The van der Waals surface area contributed by atoms with Crippen LogP contribution >= 0.6 is 0 Å². The Bertz CT molecular complexity index is 993. The molecule has 3 aliphatic rings. The van der Waals surface area contributed by atoms with E-state index in [0.717, 1.165) is 49.1 Å². The maximum Gasteiger partial charge on any atom is 0.228 e. The second-order valence-corrected chi connectivity index (χ2v) is 9.70. The van der Waals surface area contributed by atoms with Gasteiger partial charge < -0.3 is 19.6 Å². The van der Waals surface area contributed by atoms with Crippen molar-refractivity contribution < 1.29 is 9.59 Å². The van der Waals surface area contributed by atoms with E-state index in [9.17, 15) is 9.59 Å². The summed E-state index contributed by atoms with van der Waals surface area (Å²) < 4.78 is 0. The Kier molecular flexibility index (Phi) is 6.65. The number of benzene rings is 1. The monoisotopic (exact) mass is 462 g/mol. The number of aryl methyl sites for hydroxylation is 1. The molecule has 180 valence electrons. The lowest BCUT2D eigenvalue weighted by atomic mass is 10.1. The smallest absolute Gasteiger partial charge is 0.228 e. The van der Waals surface area contributed by atoms with Crippen LogP contribution in [0.3, 0.4) is 0 Å². The molecular formula is C26H34N6O2. The second kappa shape index (κ2) is 9.99. The SMILES string of the molecule is Cc1ccc(N2CC(C(=O)N3CCN(c4ccc(N5CCCCCC5)nn4)CC3)CC2=O)cc1. The van der Waals surface area contributed by atoms with Crippen molar-refractivity contribution in [2.75, 3.05) is 60.5 Å². The van der Waals surface area contributed by atoms with E-state index in [-0.39, 0.29) is 24.2 Å². The topological polar surface area (TPSA) is 72.9 Å². The van der Waals surface area contributed by atoms with Crippen molar-refractivity contribution in [1.82, 2.24) is 15.1 Å². The lowest BCUT2D eigenvalue weighted by molar-refractivity contribution is -0.136. The largest absolute Gasteiger partial charge is 0.355 e. The van der Waals surface area contributed by atoms with E-state index in [1.54, 1.807) is 4.90 Å². The molecule has 2 amide bonds. The molecule has 8 heteroatoms. The van der Waals surface area contributed by atoms with Gasteiger partial charge in [0.1, 0.15) is 0 Å². The van der Waals surface area contributed by atoms with Crippen molar-refractivity contribution in [2.45, 2.75) is 39.0 Å². The minimum atomic E-state index is -0.270. The number of anilines is 3. The zero-order chi connectivity index (χ0) is 23.5. The molecule has 1 aromatic carbocycles. The maximum atomic E-state index is 13.2. The van der Waals surface area contributed by atoms with Crippen molar-refractivity contribution in [3.8, 4) is 0 Å². The molecule has 3 aliphatic heterocycles. The van der Waals surface area contributed by atoms with Crippen LogP contribution in [-0.4, -0.2) is 72.7 Å². The van der Waals surface area contributed by atoms with E-state index in [1.807, 2.05) is 36.1 Å². The van der Waals surface area contributed by atoms with E-state index >= 15 is 0 Å². The van der Waals surface area contributed by atoms with Gasteiger partial charge in [0, 0.05) is 57.9 Å². The van der Waals surface area contributed by atoms with Crippen LogP contribution in [0.15, 0.2) is 36.4 Å². The van der Waals surface area contributed by atoms with E-state index in [0.29, 0.717) is 19.6 Å². The van der Waals surface area contributed by atoms with Crippen LogP contribution in [0.2, 0.25) is 0 Å². The number of carbonyl (C=O) groups is 2. The van der Waals surface area contributed by atoms with Gasteiger partial charge in [0.05, 0.1) is 5.92 Å². The maximum absolute atomic E-state index is 13.2. The lowest BCUT2D eigenvalue weighted by Crippen LogP contribution is -2.51. The normalized spacial score (nSPS) is 21.7. The fourth-order valence-corrected chi connectivity index (χ4v) is 5.22. The van der Waals surface area contributed by atoms with E-state index in [1.165, 1.54) is 25.7 Å². The second-order valence-electron chi connectivity index (χ2n) is 9.70. The Hall–Kier alpha value is -3.16. The predicted octanol–water partition coefficient (Wildman–Crippen LogP) is 2.87. The zero-order valence-corrected chi connectivity index (χ0v) is 20.0. The highest BCUT2D eigenvalue weighted by atomic mass is 16.2. The van der Waals surface area contributed by atoms with E-state index < -0.39 is 0 Å². The van der Waals surface area contributed by atoms with Crippen LogP contribution in [0.4, 0.5) is 17.3 Å². The molecule has 34 heavy (non-hydrogen) atoms. The summed E-state index contributed by atoms with van der Waals surface area (Å²) in [6.07, 6.45) is 5.31. The molecule has 1 aromatic heterocycles. The number of rotatable bonds is 4. The number of amides is 2. The van der Waals surface area contributed by atoms with Gasteiger partial charge in [-0.3, -0.25) is 9.59 Å². The van der Waals surface area contributed by atoms with Crippen LogP contribution in [-0.2, 0) is 9.59 Å². The number of carbonyl (C=O) groups excluding carboxylic acids is 2. The van der Waals surface area contributed by atoms with Gasteiger partial charge in [-0.05, 0) is 44.0 Å². The van der Waals surface area contributed by atoms with Crippen LogP contribution in [0.25, 0.3) is 0 Å². The van der Waals surface area contributed by atoms with Crippen LogP contribution in [0.1, 0.15) is 37.7 Å². The van der Waals surface area contributed by atoms with Gasteiger partial charge in [0.25, 0.3) is 0 Å². The molecule has 0 saturated carbocycles. The number of nitrogens with zero attached hydrogens (tertiary/aromatic N) is 6. The van der Waals surface area contributed by atoms with Crippen molar-refractivity contribution in [1.29, 1.82) is 0 Å². The molecule has 0 spiro atoms. The minimum absolute atomic E-state index is 0.0283. The fraction of sp³-hybridized carbons (Fsp3) is 0.538. The van der Waals surface area contributed by atoms with Gasteiger partial charge in [0.15, 0.2) is 11.6 Å². The third-order valence-electron chi connectivity index (χ3n) is 7.30. The fourth-order valence-electron chi connectivity index (χ4n) is 5.22. The summed E-state index contributed by atoms with van der Waals surface area (Å²) in [5.74, 6) is 1.68. The Balaban J connectivity index is 1.15. The summed E-state index contributed by atoms with van der Waals surface area (Å²) in [4.78, 5) is 33.9.